The third kappa shape index (κ3) is 2.33. The fourth-order valence-electron chi connectivity index (χ4n) is 1.18. The van der Waals surface area contributed by atoms with Crippen molar-refractivity contribution in [1.82, 2.24) is 0 Å². The van der Waals surface area contributed by atoms with Crippen molar-refractivity contribution in [3.8, 4) is 11.8 Å². The van der Waals surface area contributed by atoms with Crippen LogP contribution in [0.15, 0.2) is 24.3 Å². The number of Topliss-reactive ketones (excluding diaryl/α,β-unsaturated/α-hetero) is 1. The van der Waals surface area contributed by atoms with Crippen LogP contribution in [0.4, 0.5) is 0 Å². The van der Waals surface area contributed by atoms with E-state index >= 15 is 0 Å². The van der Waals surface area contributed by atoms with Crippen LogP contribution in [0.5, 0.6) is 5.75 Å². The number of ether oxygens (including phenoxy) is 1. The molecule has 0 fully saturated rings. The lowest BCUT2D eigenvalue weighted by Gasteiger charge is -2.05. The molecule has 0 radical (unpaired) electrons. The van der Waals surface area contributed by atoms with Crippen molar-refractivity contribution < 1.29 is 9.53 Å². The second-order valence-corrected chi connectivity index (χ2v) is 2.78. The van der Waals surface area contributed by atoms with E-state index < -0.39 is 0 Å². The zero-order valence-corrected chi connectivity index (χ0v) is 7.99. The highest BCUT2D eigenvalue weighted by Crippen LogP contribution is 2.19. The summed E-state index contributed by atoms with van der Waals surface area (Å²) >= 11 is 0. The van der Waals surface area contributed by atoms with E-state index in [4.69, 9.17) is 10.00 Å². The fraction of sp³-hybridized carbons (Fsp3) is 0.273. The van der Waals surface area contributed by atoms with Crippen LogP contribution in [-0.2, 0) is 0 Å². The summed E-state index contributed by atoms with van der Waals surface area (Å²) in [7, 11) is 1.52. The van der Waals surface area contributed by atoms with E-state index in [0.717, 1.165) is 0 Å². The quantitative estimate of drug-likeness (QED) is 0.682. The predicted octanol–water partition coefficient (Wildman–Crippen LogP) is 2.18. The molecule has 3 nitrogen and oxygen atoms in total. The molecular formula is C11H11NO2. The number of benzene rings is 1. The van der Waals surface area contributed by atoms with Crippen LogP contribution < -0.4 is 4.74 Å². The Labute approximate surface area is 82.9 Å². The van der Waals surface area contributed by atoms with Gasteiger partial charge in [-0.1, -0.05) is 12.1 Å². The van der Waals surface area contributed by atoms with Crippen LogP contribution in [0, 0.1) is 11.3 Å². The molecule has 0 unspecified atom stereocenters. The van der Waals surface area contributed by atoms with E-state index in [0.29, 0.717) is 11.3 Å². The van der Waals surface area contributed by atoms with Gasteiger partial charge in [0.15, 0.2) is 5.78 Å². The number of hydrogen-bond donors (Lipinski definition) is 0. The van der Waals surface area contributed by atoms with E-state index in [9.17, 15) is 4.79 Å². The van der Waals surface area contributed by atoms with Gasteiger partial charge in [-0.3, -0.25) is 4.79 Å². The second kappa shape index (κ2) is 5.03. The minimum absolute atomic E-state index is 0.0519. The SMILES string of the molecule is COc1ccccc1C(=O)CCC#N. The zero-order valence-electron chi connectivity index (χ0n) is 7.99. The van der Waals surface area contributed by atoms with E-state index in [1.165, 1.54) is 7.11 Å². The van der Waals surface area contributed by atoms with Gasteiger partial charge >= 0.3 is 0 Å². The van der Waals surface area contributed by atoms with Gasteiger partial charge in [0.2, 0.25) is 0 Å². The first-order chi connectivity index (χ1) is 6.79. The summed E-state index contributed by atoms with van der Waals surface area (Å²) in [5.41, 5.74) is 0.547. The van der Waals surface area contributed by atoms with E-state index in [-0.39, 0.29) is 18.6 Å². The second-order valence-electron chi connectivity index (χ2n) is 2.78. The highest BCUT2D eigenvalue weighted by Gasteiger charge is 2.10. The molecule has 0 aromatic heterocycles. The van der Waals surface area contributed by atoms with Gasteiger partial charge in [0.25, 0.3) is 0 Å². The van der Waals surface area contributed by atoms with E-state index in [1.807, 2.05) is 6.07 Å². The molecule has 0 heterocycles. The number of methoxy groups -OCH3 is 1. The van der Waals surface area contributed by atoms with Crippen molar-refractivity contribution in [1.29, 1.82) is 5.26 Å². The van der Waals surface area contributed by atoms with Crippen LogP contribution in [0.25, 0.3) is 0 Å². The molecule has 14 heavy (non-hydrogen) atoms. The van der Waals surface area contributed by atoms with Gasteiger partial charge in [0.05, 0.1) is 18.7 Å². The lowest BCUT2D eigenvalue weighted by Crippen LogP contribution is -2.01. The number of ketones is 1. The summed E-state index contributed by atoms with van der Waals surface area (Å²) < 4.78 is 5.04. The molecule has 0 spiro atoms. The van der Waals surface area contributed by atoms with E-state index in [1.54, 1.807) is 24.3 Å². The largest absolute Gasteiger partial charge is 0.496 e. The molecule has 0 aliphatic carbocycles. The minimum Gasteiger partial charge on any atom is -0.496 e. The maximum Gasteiger partial charge on any atom is 0.167 e. The Hall–Kier alpha value is -1.82. The van der Waals surface area contributed by atoms with Crippen LogP contribution in [-0.4, -0.2) is 12.9 Å². The molecule has 3 heteroatoms. The van der Waals surface area contributed by atoms with Gasteiger partial charge in [-0.25, -0.2) is 0 Å². The Balaban J connectivity index is 2.84. The molecule has 0 aliphatic heterocycles. The molecule has 1 rings (SSSR count). The summed E-state index contributed by atoms with van der Waals surface area (Å²) in [6.45, 7) is 0. The summed E-state index contributed by atoms with van der Waals surface area (Å²) in [6, 6.07) is 8.97. The Kier molecular flexibility index (Phi) is 3.69. The molecule has 0 saturated heterocycles. The van der Waals surface area contributed by atoms with Crippen molar-refractivity contribution in [3.63, 3.8) is 0 Å². The number of hydrogen-bond acceptors (Lipinski definition) is 3. The highest BCUT2D eigenvalue weighted by atomic mass is 16.5. The van der Waals surface area contributed by atoms with Crippen molar-refractivity contribution in [2.24, 2.45) is 0 Å². The normalized spacial score (nSPS) is 9.14. The minimum atomic E-state index is -0.0519. The summed E-state index contributed by atoms with van der Waals surface area (Å²) in [4.78, 5) is 11.6. The lowest BCUT2D eigenvalue weighted by atomic mass is 10.1. The first-order valence-corrected chi connectivity index (χ1v) is 4.32. The Morgan fingerprint density at radius 2 is 2.21 bits per heavy atom. The molecular weight excluding hydrogens is 178 g/mol. The average Bonchev–Trinajstić information content (AvgIpc) is 2.25. The first-order valence-electron chi connectivity index (χ1n) is 4.32. The maximum atomic E-state index is 11.6. The summed E-state index contributed by atoms with van der Waals surface area (Å²) in [5.74, 6) is 0.513. The molecule has 0 amide bonds. The van der Waals surface area contributed by atoms with Crippen LogP contribution >= 0.6 is 0 Å². The zero-order chi connectivity index (χ0) is 10.4. The third-order valence-corrected chi connectivity index (χ3v) is 1.87. The third-order valence-electron chi connectivity index (χ3n) is 1.87. The highest BCUT2D eigenvalue weighted by molar-refractivity contribution is 5.98. The first kappa shape index (κ1) is 10.3. The Morgan fingerprint density at radius 1 is 1.50 bits per heavy atom. The van der Waals surface area contributed by atoms with Gasteiger partial charge in [0.1, 0.15) is 5.75 Å². The maximum absolute atomic E-state index is 11.6. The fourth-order valence-corrected chi connectivity index (χ4v) is 1.18. The number of rotatable bonds is 4. The number of carbonyl (C=O) groups is 1. The van der Waals surface area contributed by atoms with Crippen molar-refractivity contribution >= 4 is 5.78 Å². The Morgan fingerprint density at radius 3 is 2.86 bits per heavy atom. The monoisotopic (exact) mass is 189 g/mol. The average molecular weight is 189 g/mol. The van der Waals surface area contributed by atoms with Crippen LogP contribution in [0.3, 0.4) is 0 Å². The molecule has 1 aromatic carbocycles. The van der Waals surface area contributed by atoms with E-state index in [2.05, 4.69) is 0 Å². The number of nitriles is 1. The smallest absolute Gasteiger partial charge is 0.167 e. The number of para-hydroxylation sites is 1. The molecule has 0 atom stereocenters. The van der Waals surface area contributed by atoms with Gasteiger partial charge in [-0.15, -0.1) is 0 Å². The molecule has 0 N–H and O–H groups in total. The Bertz CT molecular complexity index is 366. The van der Waals surface area contributed by atoms with Gasteiger partial charge in [-0.05, 0) is 12.1 Å². The van der Waals surface area contributed by atoms with Gasteiger partial charge in [0, 0.05) is 12.8 Å². The number of carbonyl (C=O) groups excluding carboxylic acids is 1. The van der Waals surface area contributed by atoms with Crippen molar-refractivity contribution in [2.75, 3.05) is 7.11 Å². The van der Waals surface area contributed by atoms with Crippen LogP contribution in [0.2, 0.25) is 0 Å². The summed E-state index contributed by atoms with van der Waals surface area (Å²) in [5, 5.41) is 8.36. The topological polar surface area (TPSA) is 50.1 Å². The number of nitrogens with zero attached hydrogens (tertiary/aromatic N) is 1. The van der Waals surface area contributed by atoms with Crippen molar-refractivity contribution in [3.05, 3.63) is 29.8 Å². The standard InChI is InChI=1S/C11H11NO2/c1-14-11-7-3-2-5-9(11)10(13)6-4-8-12/h2-3,5,7H,4,6H2,1H3. The summed E-state index contributed by atoms with van der Waals surface area (Å²) in [6.07, 6.45) is 0.494. The lowest BCUT2D eigenvalue weighted by molar-refractivity contribution is 0.0981. The van der Waals surface area contributed by atoms with Crippen molar-refractivity contribution in [2.45, 2.75) is 12.8 Å². The molecule has 0 bridgehead atoms. The van der Waals surface area contributed by atoms with Gasteiger partial charge in [-0.2, -0.15) is 5.26 Å². The van der Waals surface area contributed by atoms with Crippen LogP contribution in [0.1, 0.15) is 23.2 Å². The predicted molar refractivity (Wildman–Crippen MR) is 52.2 cm³/mol. The van der Waals surface area contributed by atoms with Gasteiger partial charge < -0.3 is 4.74 Å². The molecule has 72 valence electrons. The molecule has 1 aromatic rings. The molecule has 0 aliphatic rings. The molecule has 0 saturated carbocycles.